The Kier molecular flexibility index (Phi) is 1.44. The number of carboxylic acids is 1. The lowest BCUT2D eigenvalue weighted by Gasteiger charge is -2.37. The van der Waals surface area contributed by atoms with Crippen LogP contribution in [0.25, 0.3) is 0 Å². The van der Waals surface area contributed by atoms with Gasteiger partial charge in [0.05, 0.1) is 11.4 Å². The van der Waals surface area contributed by atoms with E-state index < -0.39 is 16.8 Å². The standard InChI is InChI=1S/C10H14O3/c1-9(2)6-3-4-10(9,8(12)13)7(11)5-6/h6H,3-5H2,1-2H3,(H,12,13)/p-1/t6-,10+/m0/s1. The Bertz CT molecular complexity index is 293. The Morgan fingerprint density at radius 3 is 2.38 bits per heavy atom. The van der Waals surface area contributed by atoms with Crippen molar-refractivity contribution in [3.63, 3.8) is 0 Å². The van der Waals surface area contributed by atoms with E-state index in [0.717, 1.165) is 6.42 Å². The lowest BCUT2D eigenvalue weighted by molar-refractivity contribution is -0.320. The summed E-state index contributed by atoms with van der Waals surface area (Å²) in [6.07, 6.45) is 1.76. The van der Waals surface area contributed by atoms with E-state index in [1.165, 1.54) is 0 Å². The zero-order valence-corrected chi connectivity index (χ0v) is 7.92. The van der Waals surface area contributed by atoms with E-state index in [-0.39, 0.29) is 11.7 Å². The number of hydrogen-bond donors (Lipinski definition) is 0. The van der Waals surface area contributed by atoms with Crippen molar-refractivity contribution in [1.82, 2.24) is 0 Å². The van der Waals surface area contributed by atoms with Crippen molar-refractivity contribution >= 4 is 11.8 Å². The molecule has 72 valence electrons. The van der Waals surface area contributed by atoms with E-state index in [1.54, 1.807) is 0 Å². The number of carbonyl (C=O) groups is 2. The third-order valence-corrected chi connectivity index (χ3v) is 4.24. The number of fused-ring (bicyclic) bond motifs is 2. The number of carbonyl (C=O) groups excluding carboxylic acids is 2. The lowest BCUT2D eigenvalue weighted by Crippen LogP contribution is -2.51. The number of carboxylic acid groups (broad SMARTS) is 1. The van der Waals surface area contributed by atoms with Gasteiger partial charge >= 0.3 is 0 Å². The van der Waals surface area contributed by atoms with E-state index >= 15 is 0 Å². The zero-order valence-electron chi connectivity index (χ0n) is 7.92. The Morgan fingerprint density at radius 1 is 1.54 bits per heavy atom. The molecule has 2 atom stereocenters. The van der Waals surface area contributed by atoms with Gasteiger partial charge in [-0.2, -0.15) is 0 Å². The van der Waals surface area contributed by atoms with Crippen LogP contribution in [0.4, 0.5) is 0 Å². The highest BCUT2D eigenvalue weighted by molar-refractivity contribution is 6.06. The number of hydrogen-bond acceptors (Lipinski definition) is 3. The normalized spacial score (nSPS) is 41.1. The molecule has 13 heavy (non-hydrogen) atoms. The van der Waals surface area contributed by atoms with Gasteiger partial charge in [0.15, 0.2) is 0 Å². The summed E-state index contributed by atoms with van der Waals surface area (Å²) in [6, 6.07) is 0. The highest BCUT2D eigenvalue weighted by Gasteiger charge is 2.64. The summed E-state index contributed by atoms with van der Waals surface area (Å²) in [5, 5.41) is 11.1. The van der Waals surface area contributed by atoms with Crippen molar-refractivity contribution < 1.29 is 14.7 Å². The van der Waals surface area contributed by atoms with Crippen molar-refractivity contribution in [2.75, 3.05) is 0 Å². The van der Waals surface area contributed by atoms with Crippen molar-refractivity contribution in [3.05, 3.63) is 0 Å². The summed E-state index contributed by atoms with van der Waals surface area (Å²) in [4.78, 5) is 22.7. The van der Waals surface area contributed by atoms with Gasteiger partial charge in [0.2, 0.25) is 0 Å². The Balaban J connectivity index is 2.55. The first-order valence-corrected chi connectivity index (χ1v) is 4.67. The molecular formula is C10H13O3-. The molecule has 0 aromatic carbocycles. The van der Waals surface area contributed by atoms with Crippen LogP contribution in [-0.2, 0) is 9.59 Å². The topological polar surface area (TPSA) is 57.2 Å². The minimum atomic E-state index is -1.17. The first kappa shape index (κ1) is 8.73. The highest BCUT2D eigenvalue weighted by atomic mass is 16.4. The predicted molar refractivity (Wildman–Crippen MR) is 43.6 cm³/mol. The van der Waals surface area contributed by atoms with Crippen LogP contribution in [0, 0.1) is 16.7 Å². The second-order valence-corrected chi connectivity index (χ2v) is 4.78. The van der Waals surface area contributed by atoms with Crippen LogP contribution in [0.2, 0.25) is 0 Å². The minimum absolute atomic E-state index is 0.117. The maximum atomic E-state index is 11.6. The molecule has 2 fully saturated rings. The summed E-state index contributed by atoms with van der Waals surface area (Å²) >= 11 is 0. The minimum Gasteiger partial charge on any atom is -0.549 e. The third-order valence-electron chi connectivity index (χ3n) is 4.24. The average Bonchev–Trinajstić information content (AvgIpc) is 2.35. The van der Waals surface area contributed by atoms with Crippen LogP contribution >= 0.6 is 0 Å². The summed E-state index contributed by atoms with van der Waals surface area (Å²) in [6.45, 7) is 3.76. The molecule has 2 aliphatic rings. The van der Waals surface area contributed by atoms with Crippen molar-refractivity contribution in [1.29, 1.82) is 0 Å². The van der Waals surface area contributed by atoms with Gasteiger partial charge in [-0.25, -0.2) is 0 Å². The quantitative estimate of drug-likeness (QED) is 0.540. The monoisotopic (exact) mass is 181 g/mol. The first-order valence-electron chi connectivity index (χ1n) is 4.67. The van der Waals surface area contributed by atoms with Crippen LogP contribution in [0.1, 0.15) is 33.1 Å². The van der Waals surface area contributed by atoms with Gasteiger partial charge in [0.25, 0.3) is 0 Å². The summed E-state index contributed by atoms with van der Waals surface area (Å²) in [5.74, 6) is -1.03. The van der Waals surface area contributed by atoms with Crippen molar-refractivity contribution in [2.24, 2.45) is 16.7 Å². The molecule has 2 bridgehead atoms. The number of Topliss-reactive ketones (excluding diaryl/α,β-unsaturated/α-hetero) is 1. The predicted octanol–water partition coefficient (Wildman–Crippen LogP) is 0.132. The summed E-state index contributed by atoms with van der Waals surface area (Å²) in [7, 11) is 0. The van der Waals surface area contributed by atoms with Gasteiger partial charge < -0.3 is 9.90 Å². The zero-order chi connectivity index (χ0) is 9.85. The van der Waals surface area contributed by atoms with Gasteiger partial charge in [-0.05, 0) is 24.2 Å². The molecule has 3 nitrogen and oxygen atoms in total. The number of rotatable bonds is 1. The molecule has 0 unspecified atom stereocenters. The van der Waals surface area contributed by atoms with Crippen LogP contribution in [0.3, 0.4) is 0 Å². The molecule has 0 radical (unpaired) electrons. The van der Waals surface area contributed by atoms with Crippen molar-refractivity contribution in [2.45, 2.75) is 33.1 Å². The molecule has 2 aliphatic carbocycles. The molecule has 2 rings (SSSR count). The third kappa shape index (κ3) is 0.713. The molecule has 0 aromatic rings. The van der Waals surface area contributed by atoms with E-state index in [1.807, 2.05) is 13.8 Å². The molecule has 0 saturated heterocycles. The molecule has 3 heteroatoms. The second-order valence-electron chi connectivity index (χ2n) is 4.78. The highest BCUT2D eigenvalue weighted by Crippen LogP contribution is 2.63. The SMILES string of the molecule is CC1(C)[C@H]2CC[C@]1(C(=O)[O-])C(=O)C2. The van der Waals surface area contributed by atoms with Crippen LogP contribution in [0.15, 0.2) is 0 Å². The Labute approximate surface area is 77.1 Å². The van der Waals surface area contributed by atoms with Gasteiger partial charge in [0, 0.05) is 6.42 Å². The summed E-state index contributed by atoms with van der Waals surface area (Å²) < 4.78 is 0. The van der Waals surface area contributed by atoms with Crippen molar-refractivity contribution in [3.8, 4) is 0 Å². The molecule has 0 spiro atoms. The second kappa shape index (κ2) is 2.14. The van der Waals surface area contributed by atoms with E-state index in [4.69, 9.17) is 0 Å². The lowest BCUT2D eigenvalue weighted by atomic mass is 9.69. The van der Waals surface area contributed by atoms with Gasteiger partial charge in [0.1, 0.15) is 5.78 Å². The van der Waals surface area contributed by atoms with Gasteiger partial charge in [-0.3, -0.25) is 4.79 Å². The molecular weight excluding hydrogens is 168 g/mol. The Hall–Kier alpha value is -0.860. The number of aliphatic carboxylic acids is 1. The molecule has 0 amide bonds. The van der Waals surface area contributed by atoms with E-state index in [0.29, 0.717) is 12.8 Å². The van der Waals surface area contributed by atoms with Crippen LogP contribution < -0.4 is 5.11 Å². The number of ketones is 1. The maximum absolute atomic E-state index is 11.6. The molecule has 0 heterocycles. The van der Waals surface area contributed by atoms with Crippen LogP contribution in [-0.4, -0.2) is 11.8 Å². The smallest absolute Gasteiger partial charge is 0.145 e. The summed E-state index contributed by atoms with van der Waals surface area (Å²) in [5.41, 5.74) is -1.57. The largest absolute Gasteiger partial charge is 0.549 e. The molecule has 0 N–H and O–H groups in total. The fourth-order valence-corrected chi connectivity index (χ4v) is 3.16. The maximum Gasteiger partial charge on any atom is 0.145 e. The fourth-order valence-electron chi connectivity index (χ4n) is 3.16. The Morgan fingerprint density at radius 2 is 2.15 bits per heavy atom. The van der Waals surface area contributed by atoms with Gasteiger partial charge in [-0.1, -0.05) is 13.8 Å². The average molecular weight is 181 g/mol. The van der Waals surface area contributed by atoms with Crippen LogP contribution in [0.5, 0.6) is 0 Å². The van der Waals surface area contributed by atoms with E-state index in [2.05, 4.69) is 0 Å². The van der Waals surface area contributed by atoms with E-state index in [9.17, 15) is 14.7 Å². The fraction of sp³-hybridized carbons (Fsp3) is 0.800. The molecule has 0 aliphatic heterocycles. The molecule has 0 aromatic heterocycles. The van der Waals surface area contributed by atoms with Gasteiger partial charge in [-0.15, -0.1) is 0 Å². The first-order chi connectivity index (χ1) is 5.93. The molecule has 2 saturated carbocycles.